The highest BCUT2D eigenvalue weighted by Crippen LogP contribution is 2.26. The predicted octanol–water partition coefficient (Wildman–Crippen LogP) is 3.10. The molecular weight excluding hydrogens is 286 g/mol. The molecule has 1 N–H and O–H groups in total. The van der Waals surface area contributed by atoms with Crippen LogP contribution in [-0.2, 0) is 0 Å². The number of carboxylic acids is 1. The largest absolute Gasteiger partial charge is 0.488 e. The Bertz CT molecular complexity index is 407. The van der Waals surface area contributed by atoms with Crippen molar-refractivity contribution in [3.05, 3.63) is 27.7 Å². The van der Waals surface area contributed by atoms with E-state index >= 15 is 0 Å². The molecule has 0 fully saturated rings. The van der Waals surface area contributed by atoms with Gasteiger partial charge in [0, 0.05) is 4.47 Å². The van der Waals surface area contributed by atoms with Gasteiger partial charge in [0.25, 0.3) is 6.43 Å². The van der Waals surface area contributed by atoms with E-state index in [4.69, 9.17) is 9.84 Å². The van der Waals surface area contributed by atoms with Crippen molar-refractivity contribution in [2.45, 2.75) is 13.3 Å². The van der Waals surface area contributed by atoms with Crippen LogP contribution < -0.4 is 4.74 Å². The smallest absolute Gasteiger partial charge is 0.336 e. The van der Waals surface area contributed by atoms with Crippen molar-refractivity contribution in [3.8, 4) is 5.75 Å². The number of rotatable bonds is 4. The van der Waals surface area contributed by atoms with Gasteiger partial charge >= 0.3 is 5.97 Å². The van der Waals surface area contributed by atoms with Crippen molar-refractivity contribution in [2.75, 3.05) is 6.61 Å². The maximum atomic E-state index is 11.9. The van der Waals surface area contributed by atoms with E-state index in [0.717, 1.165) is 0 Å². The van der Waals surface area contributed by atoms with Crippen molar-refractivity contribution in [3.63, 3.8) is 0 Å². The molecule has 0 saturated carbocycles. The maximum Gasteiger partial charge on any atom is 0.336 e. The molecule has 16 heavy (non-hydrogen) atoms. The van der Waals surface area contributed by atoms with Crippen molar-refractivity contribution in [2.24, 2.45) is 0 Å². The maximum absolute atomic E-state index is 11.9. The molecule has 0 aliphatic carbocycles. The Labute approximate surface area is 99.2 Å². The number of hydrogen-bond acceptors (Lipinski definition) is 2. The first-order chi connectivity index (χ1) is 7.41. The number of halogens is 3. The van der Waals surface area contributed by atoms with Crippen LogP contribution in [-0.4, -0.2) is 24.1 Å². The van der Waals surface area contributed by atoms with Gasteiger partial charge in [0.05, 0.1) is 5.56 Å². The predicted molar refractivity (Wildman–Crippen MR) is 57.3 cm³/mol. The van der Waals surface area contributed by atoms with E-state index < -0.39 is 19.0 Å². The minimum atomic E-state index is -2.59. The zero-order valence-electron chi connectivity index (χ0n) is 8.34. The number of hydrogen-bond donors (Lipinski definition) is 1. The summed E-state index contributed by atoms with van der Waals surface area (Å²) in [5, 5.41) is 8.87. The molecule has 1 aromatic rings. The Morgan fingerprint density at radius 1 is 1.56 bits per heavy atom. The SMILES string of the molecule is Cc1c(Br)cc(OCC(F)F)cc1C(=O)O. The van der Waals surface area contributed by atoms with E-state index in [1.54, 1.807) is 6.92 Å². The van der Waals surface area contributed by atoms with Crippen LogP contribution >= 0.6 is 15.9 Å². The average molecular weight is 295 g/mol. The molecule has 0 amide bonds. The quantitative estimate of drug-likeness (QED) is 0.928. The molecule has 0 saturated heterocycles. The van der Waals surface area contributed by atoms with E-state index in [9.17, 15) is 13.6 Å². The van der Waals surface area contributed by atoms with Gasteiger partial charge in [-0.1, -0.05) is 15.9 Å². The Hall–Kier alpha value is -1.17. The van der Waals surface area contributed by atoms with Gasteiger partial charge in [-0.2, -0.15) is 0 Å². The Balaban J connectivity index is 3.00. The average Bonchev–Trinajstić information content (AvgIpc) is 2.19. The first-order valence-corrected chi connectivity index (χ1v) is 5.15. The number of carboxylic acid groups (broad SMARTS) is 1. The first kappa shape index (κ1) is 12.9. The van der Waals surface area contributed by atoms with Gasteiger partial charge < -0.3 is 9.84 Å². The molecule has 0 radical (unpaired) electrons. The van der Waals surface area contributed by atoms with Gasteiger partial charge in [-0.25, -0.2) is 13.6 Å². The normalized spacial score (nSPS) is 10.6. The molecule has 3 nitrogen and oxygen atoms in total. The van der Waals surface area contributed by atoms with E-state index in [2.05, 4.69) is 15.9 Å². The lowest BCUT2D eigenvalue weighted by atomic mass is 10.1. The van der Waals surface area contributed by atoms with Crippen molar-refractivity contribution in [1.29, 1.82) is 0 Å². The van der Waals surface area contributed by atoms with Crippen molar-refractivity contribution < 1.29 is 23.4 Å². The second-order valence-electron chi connectivity index (χ2n) is 3.08. The molecule has 88 valence electrons. The summed E-state index contributed by atoms with van der Waals surface area (Å²) >= 11 is 3.14. The third kappa shape index (κ3) is 3.16. The zero-order chi connectivity index (χ0) is 12.3. The van der Waals surface area contributed by atoms with Crippen molar-refractivity contribution in [1.82, 2.24) is 0 Å². The van der Waals surface area contributed by atoms with Crippen LogP contribution in [0.25, 0.3) is 0 Å². The first-order valence-electron chi connectivity index (χ1n) is 4.36. The highest BCUT2D eigenvalue weighted by Gasteiger charge is 2.13. The fourth-order valence-electron chi connectivity index (χ4n) is 1.12. The van der Waals surface area contributed by atoms with Crippen LogP contribution in [0.5, 0.6) is 5.75 Å². The van der Waals surface area contributed by atoms with E-state index in [1.165, 1.54) is 12.1 Å². The Kier molecular flexibility index (Phi) is 4.23. The molecule has 0 atom stereocenters. The van der Waals surface area contributed by atoms with E-state index in [1.807, 2.05) is 0 Å². The third-order valence-electron chi connectivity index (χ3n) is 1.92. The number of benzene rings is 1. The van der Waals surface area contributed by atoms with Crippen LogP contribution in [0.4, 0.5) is 8.78 Å². The number of carbonyl (C=O) groups is 1. The fourth-order valence-corrected chi connectivity index (χ4v) is 1.56. The van der Waals surface area contributed by atoms with E-state index in [0.29, 0.717) is 10.0 Å². The van der Waals surface area contributed by atoms with Crippen LogP contribution in [0, 0.1) is 6.92 Å². The molecule has 0 heterocycles. The molecule has 6 heteroatoms. The minimum absolute atomic E-state index is 0.0265. The molecule has 0 aromatic heterocycles. The molecule has 0 aliphatic rings. The molecule has 0 spiro atoms. The summed E-state index contributed by atoms with van der Waals surface area (Å²) in [5.41, 5.74) is 0.551. The highest BCUT2D eigenvalue weighted by atomic mass is 79.9. The minimum Gasteiger partial charge on any atom is -0.488 e. The monoisotopic (exact) mass is 294 g/mol. The lowest BCUT2D eigenvalue weighted by Gasteiger charge is -2.09. The van der Waals surface area contributed by atoms with Crippen LogP contribution in [0.15, 0.2) is 16.6 Å². The highest BCUT2D eigenvalue weighted by molar-refractivity contribution is 9.10. The zero-order valence-corrected chi connectivity index (χ0v) is 9.92. The summed E-state index contributed by atoms with van der Waals surface area (Å²) in [6, 6.07) is 2.69. The molecule has 1 aromatic carbocycles. The van der Waals surface area contributed by atoms with Gasteiger partial charge in [0.1, 0.15) is 12.4 Å². The van der Waals surface area contributed by atoms with Crippen LogP contribution in [0.2, 0.25) is 0 Å². The lowest BCUT2D eigenvalue weighted by molar-refractivity contribution is 0.0694. The summed E-state index contributed by atoms with van der Waals surface area (Å²) in [6.45, 7) is 0.860. The number of ether oxygens (including phenoxy) is 1. The summed E-state index contributed by atoms with van der Waals surface area (Å²) in [5.74, 6) is -1.02. The summed E-state index contributed by atoms with van der Waals surface area (Å²) in [4.78, 5) is 10.8. The van der Waals surface area contributed by atoms with Crippen molar-refractivity contribution >= 4 is 21.9 Å². The second kappa shape index (κ2) is 5.25. The fraction of sp³-hybridized carbons (Fsp3) is 0.300. The summed E-state index contributed by atoms with van der Waals surface area (Å²) in [7, 11) is 0. The van der Waals surface area contributed by atoms with E-state index in [-0.39, 0.29) is 11.3 Å². The summed E-state index contributed by atoms with van der Waals surface area (Å²) < 4.78 is 29.1. The Morgan fingerprint density at radius 2 is 2.19 bits per heavy atom. The Morgan fingerprint density at radius 3 is 2.69 bits per heavy atom. The molecular formula is C10H9BrF2O3. The molecule has 0 aliphatic heterocycles. The van der Waals surface area contributed by atoms with Crippen LogP contribution in [0.1, 0.15) is 15.9 Å². The van der Waals surface area contributed by atoms with Crippen LogP contribution in [0.3, 0.4) is 0 Å². The van der Waals surface area contributed by atoms with Gasteiger partial charge in [-0.05, 0) is 24.6 Å². The summed E-state index contributed by atoms with van der Waals surface area (Å²) in [6.07, 6.45) is -2.59. The molecule has 0 unspecified atom stereocenters. The molecule has 0 bridgehead atoms. The lowest BCUT2D eigenvalue weighted by Crippen LogP contribution is -2.08. The number of alkyl halides is 2. The topological polar surface area (TPSA) is 46.5 Å². The van der Waals surface area contributed by atoms with Gasteiger partial charge in [0.2, 0.25) is 0 Å². The van der Waals surface area contributed by atoms with Gasteiger partial charge in [-0.3, -0.25) is 0 Å². The third-order valence-corrected chi connectivity index (χ3v) is 2.75. The standard InChI is InChI=1S/C10H9BrF2O3/c1-5-7(10(14)15)2-6(3-8(5)11)16-4-9(12)13/h2-3,9H,4H2,1H3,(H,14,15). The number of aromatic carboxylic acids is 1. The second-order valence-corrected chi connectivity index (χ2v) is 3.94. The van der Waals surface area contributed by atoms with Gasteiger partial charge in [-0.15, -0.1) is 0 Å². The van der Waals surface area contributed by atoms with Gasteiger partial charge in [0.15, 0.2) is 0 Å². The molecule has 1 rings (SSSR count).